The largest absolute Gasteiger partial charge is 0.492 e. The maximum absolute atomic E-state index is 12.6. The Balaban J connectivity index is 1.19. The Kier molecular flexibility index (Phi) is 8.42. The average Bonchev–Trinajstić information content (AvgIpc) is 2.98. The number of sulfonamides is 1. The Hall–Kier alpha value is -4.21. The number of carbonyl (C=O) groups is 1. The summed E-state index contributed by atoms with van der Waals surface area (Å²) in [7, 11) is -3.92. The molecule has 9 heteroatoms. The van der Waals surface area contributed by atoms with Crippen LogP contribution in [0.1, 0.15) is 22.8 Å². The Morgan fingerprint density at radius 1 is 0.900 bits per heavy atom. The fourth-order valence-corrected chi connectivity index (χ4v) is 5.81. The van der Waals surface area contributed by atoms with Gasteiger partial charge in [0.05, 0.1) is 17.7 Å². The van der Waals surface area contributed by atoms with Crippen LogP contribution in [0.4, 0.5) is 5.69 Å². The number of amides is 1. The number of anilines is 1. The number of nitrogens with zero attached hydrogens (tertiary/aromatic N) is 3. The van der Waals surface area contributed by atoms with E-state index in [1.54, 1.807) is 36.5 Å². The molecule has 3 aromatic carbocycles. The maximum atomic E-state index is 12.6. The minimum atomic E-state index is -3.92. The van der Waals surface area contributed by atoms with Crippen LogP contribution in [0.15, 0.2) is 102 Å². The molecule has 1 amide bonds. The molecule has 1 fully saturated rings. The number of hydrogen-bond acceptors (Lipinski definition) is 7. The molecule has 1 N–H and O–H groups in total. The highest BCUT2D eigenvalue weighted by Gasteiger charge is 2.21. The van der Waals surface area contributed by atoms with E-state index in [-0.39, 0.29) is 4.90 Å². The lowest BCUT2D eigenvalue weighted by Gasteiger charge is -2.36. The van der Waals surface area contributed by atoms with E-state index >= 15 is 0 Å². The van der Waals surface area contributed by atoms with Gasteiger partial charge in [-0.05, 0) is 60.5 Å². The fraction of sp³-hybridized carbons (Fsp3) is 0.226. The van der Waals surface area contributed by atoms with Gasteiger partial charge >= 0.3 is 0 Å². The topological polar surface area (TPSA) is 91.8 Å². The molecule has 0 unspecified atom stereocenters. The zero-order valence-corrected chi connectivity index (χ0v) is 23.2. The Labute approximate surface area is 235 Å². The van der Waals surface area contributed by atoms with E-state index < -0.39 is 15.9 Å². The normalized spacial score (nSPS) is 14.1. The summed E-state index contributed by atoms with van der Waals surface area (Å²) in [5, 5.41) is 0. The molecule has 0 saturated carbocycles. The maximum Gasteiger partial charge on any atom is 0.264 e. The van der Waals surface area contributed by atoms with Gasteiger partial charge in [-0.3, -0.25) is 14.7 Å². The number of piperazine rings is 1. The van der Waals surface area contributed by atoms with Gasteiger partial charge in [-0.15, -0.1) is 0 Å². The molecule has 1 aliphatic rings. The average molecular weight is 557 g/mol. The zero-order valence-electron chi connectivity index (χ0n) is 22.4. The van der Waals surface area contributed by atoms with Crippen LogP contribution in [0.5, 0.6) is 5.75 Å². The summed E-state index contributed by atoms with van der Waals surface area (Å²) in [6.07, 6.45) is 3.61. The first kappa shape index (κ1) is 27.4. The molecule has 0 atom stereocenters. The summed E-state index contributed by atoms with van der Waals surface area (Å²) >= 11 is 0. The van der Waals surface area contributed by atoms with Crippen LogP contribution in [0, 0.1) is 0 Å². The van der Waals surface area contributed by atoms with Crippen molar-refractivity contribution in [3.8, 4) is 16.9 Å². The minimum absolute atomic E-state index is 0.0520. The van der Waals surface area contributed by atoms with Gasteiger partial charge in [-0.25, -0.2) is 13.1 Å². The third kappa shape index (κ3) is 6.50. The number of pyridine rings is 1. The molecule has 0 spiro atoms. The Morgan fingerprint density at radius 3 is 2.33 bits per heavy atom. The molecule has 8 nitrogen and oxygen atoms in total. The van der Waals surface area contributed by atoms with Crippen molar-refractivity contribution in [1.29, 1.82) is 0 Å². The fourth-order valence-electron chi connectivity index (χ4n) is 4.82. The van der Waals surface area contributed by atoms with Crippen LogP contribution in [-0.4, -0.2) is 57.0 Å². The Bertz CT molecular complexity index is 1550. The smallest absolute Gasteiger partial charge is 0.264 e. The van der Waals surface area contributed by atoms with Crippen LogP contribution in [0.2, 0.25) is 0 Å². The molecule has 0 bridgehead atoms. The molecule has 1 aliphatic heterocycles. The van der Waals surface area contributed by atoms with Gasteiger partial charge in [-0.2, -0.15) is 0 Å². The number of benzene rings is 3. The minimum Gasteiger partial charge on any atom is -0.492 e. The number of hydrogen-bond donors (Lipinski definition) is 1. The van der Waals surface area contributed by atoms with Crippen molar-refractivity contribution < 1.29 is 17.9 Å². The quantitative estimate of drug-likeness (QED) is 0.323. The monoisotopic (exact) mass is 556 g/mol. The number of ether oxygens (including phenoxy) is 1. The van der Waals surface area contributed by atoms with Crippen molar-refractivity contribution in [2.75, 3.05) is 37.7 Å². The molecule has 0 aliphatic carbocycles. The van der Waals surface area contributed by atoms with E-state index in [1.807, 2.05) is 37.4 Å². The predicted octanol–water partition coefficient (Wildman–Crippen LogP) is 4.59. The molecular formula is C31H32N4O4S. The van der Waals surface area contributed by atoms with Gasteiger partial charge in [0.2, 0.25) is 0 Å². The van der Waals surface area contributed by atoms with Crippen molar-refractivity contribution in [3.05, 3.63) is 108 Å². The van der Waals surface area contributed by atoms with Gasteiger partial charge in [0, 0.05) is 55.7 Å². The molecule has 1 aromatic heterocycles. The van der Waals surface area contributed by atoms with Crippen molar-refractivity contribution in [3.63, 3.8) is 0 Å². The van der Waals surface area contributed by atoms with E-state index in [0.717, 1.165) is 55.3 Å². The predicted molar refractivity (Wildman–Crippen MR) is 156 cm³/mol. The lowest BCUT2D eigenvalue weighted by molar-refractivity contribution is 0.0981. The molecule has 4 aromatic rings. The van der Waals surface area contributed by atoms with Crippen LogP contribution >= 0.6 is 0 Å². The first-order valence-corrected chi connectivity index (χ1v) is 14.8. The van der Waals surface area contributed by atoms with Crippen molar-refractivity contribution >= 4 is 21.6 Å². The first-order valence-electron chi connectivity index (χ1n) is 13.3. The number of aromatic nitrogens is 1. The second-order valence-corrected chi connectivity index (χ2v) is 11.2. The van der Waals surface area contributed by atoms with E-state index in [1.165, 1.54) is 17.7 Å². The highest BCUT2D eigenvalue weighted by Crippen LogP contribution is 2.28. The summed E-state index contributed by atoms with van der Waals surface area (Å²) in [5.41, 5.74) is 4.73. The van der Waals surface area contributed by atoms with Gasteiger partial charge < -0.3 is 9.64 Å². The Morgan fingerprint density at radius 2 is 1.60 bits per heavy atom. The van der Waals surface area contributed by atoms with Crippen LogP contribution in [0.3, 0.4) is 0 Å². The van der Waals surface area contributed by atoms with E-state index in [9.17, 15) is 13.2 Å². The standard InChI is InChI=1S/C31H32N4O4S/c1-2-39-28-20-26(21-32-22-28)30-11-7-6-8-25(30)23-34-16-18-35(19-17-34)27-14-12-24(13-15-27)31(36)33-40(37,38)29-9-4-3-5-10-29/h3-15,20-22H,2,16-19,23H2,1H3,(H,33,36). The highest BCUT2D eigenvalue weighted by atomic mass is 32.2. The highest BCUT2D eigenvalue weighted by molar-refractivity contribution is 7.90. The summed E-state index contributed by atoms with van der Waals surface area (Å²) in [6.45, 7) is 6.87. The lowest BCUT2D eigenvalue weighted by atomic mass is 10.0. The van der Waals surface area contributed by atoms with Crippen molar-refractivity contribution in [2.45, 2.75) is 18.4 Å². The van der Waals surface area contributed by atoms with Gasteiger partial charge in [-0.1, -0.05) is 42.5 Å². The molecule has 206 valence electrons. The molecule has 1 saturated heterocycles. The summed E-state index contributed by atoms with van der Waals surface area (Å²) in [5.74, 6) is 0.116. The van der Waals surface area contributed by atoms with Crippen LogP contribution in [-0.2, 0) is 16.6 Å². The van der Waals surface area contributed by atoms with E-state index in [4.69, 9.17) is 4.74 Å². The summed E-state index contributed by atoms with van der Waals surface area (Å²) in [4.78, 5) is 21.7. The van der Waals surface area contributed by atoms with Gasteiger partial charge in [0.1, 0.15) is 5.75 Å². The molecule has 5 rings (SSSR count). The van der Waals surface area contributed by atoms with Gasteiger partial charge in [0.25, 0.3) is 15.9 Å². The molecule has 0 radical (unpaired) electrons. The third-order valence-corrected chi connectivity index (χ3v) is 8.24. The summed E-state index contributed by atoms with van der Waals surface area (Å²) in [6, 6.07) is 25.4. The van der Waals surface area contributed by atoms with Crippen LogP contribution in [0.25, 0.3) is 11.1 Å². The third-order valence-electron chi connectivity index (χ3n) is 6.89. The lowest BCUT2D eigenvalue weighted by Crippen LogP contribution is -2.46. The van der Waals surface area contributed by atoms with E-state index in [0.29, 0.717) is 12.2 Å². The van der Waals surface area contributed by atoms with Crippen LogP contribution < -0.4 is 14.4 Å². The van der Waals surface area contributed by atoms with Crippen molar-refractivity contribution in [2.24, 2.45) is 0 Å². The van der Waals surface area contributed by atoms with Gasteiger partial charge in [0.15, 0.2) is 0 Å². The number of nitrogens with one attached hydrogen (secondary N) is 1. The number of carbonyl (C=O) groups excluding carboxylic acids is 1. The first-order chi connectivity index (χ1) is 19.4. The summed E-state index contributed by atoms with van der Waals surface area (Å²) < 4.78 is 32.8. The second kappa shape index (κ2) is 12.3. The second-order valence-electron chi connectivity index (χ2n) is 9.56. The SMILES string of the molecule is CCOc1cncc(-c2ccccc2CN2CCN(c3ccc(C(=O)NS(=O)(=O)c4ccccc4)cc3)CC2)c1. The van der Waals surface area contributed by atoms with Crippen molar-refractivity contribution in [1.82, 2.24) is 14.6 Å². The zero-order chi connectivity index (χ0) is 28.0. The molecule has 40 heavy (non-hydrogen) atoms. The molecular weight excluding hydrogens is 524 g/mol. The number of rotatable bonds is 9. The van der Waals surface area contributed by atoms with E-state index in [2.05, 4.69) is 37.7 Å². The molecule has 2 heterocycles.